The van der Waals surface area contributed by atoms with Crippen LogP contribution in [0.15, 0.2) is 18.2 Å². The van der Waals surface area contributed by atoms with Crippen LogP contribution in [-0.2, 0) is 4.74 Å². The van der Waals surface area contributed by atoms with Gasteiger partial charge in [0.1, 0.15) is 5.82 Å². The van der Waals surface area contributed by atoms with Gasteiger partial charge in [0.15, 0.2) is 0 Å². The van der Waals surface area contributed by atoms with Crippen molar-refractivity contribution in [3.63, 3.8) is 0 Å². The number of amides is 2. The molecule has 24 heavy (non-hydrogen) atoms. The Bertz CT molecular complexity index is 555. The molecule has 1 aliphatic heterocycles. The van der Waals surface area contributed by atoms with Crippen LogP contribution in [-0.4, -0.2) is 37.9 Å². The summed E-state index contributed by atoms with van der Waals surface area (Å²) in [6.07, 6.45) is 1.05. The summed E-state index contributed by atoms with van der Waals surface area (Å²) in [6.45, 7) is 10.1. The number of halogens is 1. The molecule has 5 nitrogen and oxygen atoms in total. The molecule has 0 bridgehead atoms. The largest absolute Gasteiger partial charge is 0.372 e. The second-order valence-electron chi connectivity index (χ2n) is 6.89. The molecule has 2 atom stereocenters. The van der Waals surface area contributed by atoms with E-state index in [0.29, 0.717) is 36.9 Å². The molecule has 1 aromatic rings. The van der Waals surface area contributed by atoms with Crippen LogP contribution in [0.25, 0.3) is 0 Å². The number of urea groups is 1. The molecule has 2 unspecified atom stereocenters. The SMILES string of the molecule is CC(C)CCNC(=O)Nc1ccc(N2CC(C)OC(C)C2)c(F)c1. The van der Waals surface area contributed by atoms with Crippen molar-refractivity contribution in [2.45, 2.75) is 46.3 Å². The minimum Gasteiger partial charge on any atom is -0.372 e. The minimum atomic E-state index is -0.337. The zero-order chi connectivity index (χ0) is 17.7. The van der Waals surface area contributed by atoms with Gasteiger partial charge in [-0.3, -0.25) is 0 Å². The fourth-order valence-electron chi connectivity index (χ4n) is 2.87. The average Bonchev–Trinajstić information content (AvgIpc) is 2.45. The minimum absolute atomic E-state index is 0.0673. The molecule has 2 amide bonds. The maximum absolute atomic E-state index is 14.4. The van der Waals surface area contributed by atoms with Crippen molar-refractivity contribution >= 4 is 17.4 Å². The summed E-state index contributed by atoms with van der Waals surface area (Å²) in [6, 6.07) is 4.49. The van der Waals surface area contributed by atoms with Crippen LogP contribution >= 0.6 is 0 Å². The Kier molecular flexibility index (Phi) is 6.43. The lowest BCUT2D eigenvalue weighted by molar-refractivity contribution is -0.00539. The van der Waals surface area contributed by atoms with Crippen LogP contribution in [0.2, 0.25) is 0 Å². The van der Waals surface area contributed by atoms with Gasteiger partial charge >= 0.3 is 6.03 Å². The molecule has 2 rings (SSSR count). The first kappa shape index (κ1) is 18.5. The Morgan fingerprint density at radius 1 is 1.33 bits per heavy atom. The van der Waals surface area contributed by atoms with Crippen molar-refractivity contribution in [3.8, 4) is 0 Å². The predicted octanol–water partition coefficient (Wildman–Crippen LogP) is 3.61. The highest BCUT2D eigenvalue weighted by Gasteiger charge is 2.24. The van der Waals surface area contributed by atoms with Gasteiger partial charge in [0, 0.05) is 25.3 Å². The van der Waals surface area contributed by atoms with Gasteiger partial charge in [0.05, 0.1) is 17.9 Å². The smallest absolute Gasteiger partial charge is 0.319 e. The van der Waals surface area contributed by atoms with E-state index in [-0.39, 0.29) is 24.1 Å². The van der Waals surface area contributed by atoms with Crippen LogP contribution in [0.1, 0.15) is 34.1 Å². The Morgan fingerprint density at radius 2 is 2.00 bits per heavy atom. The van der Waals surface area contributed by atoms with Crippen LogP contribution in [0.3, 0.4) is 0 Å². The van der Waals surface area contributed by atoms with E-state index in [0.717, 1.165) is 6.42 Å². The number of nitrogens with zero attached hydrogens (tertiary/aromatic N) is 1. The Hall–Kier alpha value is -1.82. The lowest BCUT2D eigenvalue weighted by Crippen LogP contribution is -2.45. The molecular weight excluding hydrogens is 309 g/mol. The first-order chi connectivity index (χ1) is 11.3. The number of morpholine rings is 1. The standard InChI is InChI=1S/C18H28FN3O2/c1-12(2)7-8-20-18(23)21-15-5-6-17(16(19)9-15)22-10-13(3)24-14(4)11-22/h5-6,9,12-14H,7-8,10-11H2,1-4H3,(H2,20,21,23). The lowest BCUT2D eigenvalue weighted by Gasteiger charge is -2.37. The highest BCUT2D eigenvalue weighted by molar-refractivity contribution is 5.89. The maximum Gasteiger partial charge on any atom is 0.319 e. The Balaban J connectivity index is 1.95. The van der Waals surface area contributed by atoms with Crippen molar-refractivity contribution in [2.75, 3.05) is 29.9 Å². The Labute approximate surface area is 143 Å². The molecule has 0 aliphatic carbocycles. The number of carbonyl (C=O) groups is 1. The second-order valence-corrected chi connectivity index (χ2v) is 6.89. The molecule has 1 heterocycles. The summed E-state index contributed by atoms with van der Waals surface area (Å²) >= 11 is 0. The topological polar surface area (TPSA) is 53.6 Å². The molecule has 0 spiro atoms. The highest BCUT2D eigenvalue weighted by Crippen LogP contribution is 2.26. The van der Waals surface area contributed by atoms with Gasteiger partial charge in [-0.25, -0.2) is 9.18 Å². The van der Waals surface area contributed by atoms with E-state index in [4.69, 9.17) is 4.74 Å². The van der Waals surface area contributed by atoms with Gasteiger partial charge < -0.3 is 20.3 Å². The molecule has 1 aromatic carbocycles. The molecule has 134 valence electrons. The summed E-state index contributed by atoms with van der Waals surface area (Å²) in [7, 11) is 0. The van der Waals surface area contributed by atoms with Crippen LogP contribution in [0.5, 0.6) is 0 Å². The summed E-state index contributed by atoms with van der Waals surface area (Å²) in [4.78, 5) is 13.8. The van der Waals surface area contributed by atoms with E-state index < -0.39 is 0 Å². The first-order valence-corrected chi connectivity index (χ1v) is 8.60. The van der Waals surface area contributed by atoms with Crippen molar-refractivity contribution in [1.82, 2.24) is 5.32 Å². The van der Waals surface area contributed by atoms with E-state index in [9.17, 15) is 9.18 Å². The van der Waals surface area contributed by atoms with Crippen molar-refractivity contribution in [2.24, 2.45) is 5.92 Å². The second kappa shape index (κ2) is 8.33. The summed E-state index contributed by atoms with van der Waals surface area (Å²) in [5.41, 5.74) is 0.996. The monoisotopic (exact) mass is 337 g/mol. The normalized spacial score (nSPS) is 21.0. The molecule has 6 heteroatoms. The molecule has 0 aromatic heterocycles. The Morgan fingerprint density at radius 3 is 2.58 bits per heavy atom. The molecule has 1 saturated heterocycles. The van der Waals surface area contributed by atoms with E-state index in [1.807, 2.05) is 18.7 Å². The van der Waals surface area contributed by atoms with Crippen LogP contribution in [0, 0.1) is 11.7 Å². The summed E-state index contributed by atoms with van der Waals surface area (Å²) < 4.78 is 20.1. The van der Waals surface area contributed by atoms with Crippen molar-refractivity contribution < 1.29 is 13.9 Å². The van der Waals surface area contributed by atoms with Gasteiger partial charge in [0.2, 0.25) is 0 Å². The maximum atomic E-state index is 14.4. The van der Waals surface area contributed by atoms with Gasteiger partial charge in [-0.05, 0) is 44.4 Å². The molecule has 1 fully saturated rings. The van der Waals surface area contributed by atoms with E-state index in [1.165, 1.54) is 6.07 Å². The number of rotatable bonds is 5. The summed E-state index contributed by atoms with van der Waals surface area (Å²) in [5, 5.41) is 5.44. The fraction of sp³-hybridized carbons (Fsp3) is 0.611. The lowest BCUT2D eigenvalue weighted by atomic mass is 10.1. The number of carbonyl (C=O) groups excluding carboxylic acids is 1. The summed E-state index contributed by atoms with van der Waals surface area (Å²) in [5.74, 6) is 0.191. The molecular formula is C18H28FN3O2. The van der Waals surface area contributed by atoms with E-state index >= 15 is 0 Å². The van der Waals surface area contributed by atoms with Crippen molar-refractivity contribution in [3.05, 3.63) is 24.0 Å². The average molecular weight is 337 g/mol. The molecule has 0 radical (unpaired) electrons. The van der Waals surface area contributed by atoms with Gasteiger partial charge in [-0.1, -0.05) is 13.8 Å². The van der Waals surface area contributed by atoms with Gasteiger partial charge in [-0.15, -0.1) is 0 Å². The number of anilines is 2. The fourth-order valence-corrected chi connectivity index (χ4v) is 2.87. The zero-order valence-corrected chi connectivity index (χ0v) is 14.9. The molecule has 0 saturated carbocycles. The number of hydrogen-bond acceptors (Lipinski definition) is 3. The number of benzene rings is 1. The quantitative estimate of drug-likeness (QED) is 0.863. The van der Waals surface area contributed by atoms with Crippen LogP contribution < -0.4 is 15.5 Å². The van der Waals surface area contributed by atoms with Crippen molar-refractivity contribution in [1.29, 1.82) is 0 Å². The predicted molar refractivity (Wildman–Crippen MR) is 95.1 cm³/mol. The van der Waals surface area contributed by atoms with E-state index in [2.05, 4.69) is 24.5 Å². The first-order valence-electron chi connectivity index (χ1n) is 8.60. The number of hydrogen-bond donors (Lipinski definition) is 2. The molecule has 2 N–H and O–H groups in total. The third kappa shape index (κ3) is 5.37. The zero-order valence-electron chi connectivity index (χ0n) is 14.9. The molecule has 1 aliphatic rings. The van der Waals surface area contributed by atoms with Gasteiger partial charge in [-0.2, -0.15) is 0 Å². The van der Waals surface area contributed by atoms with E-state index in [1.54, 1.807) is 12.1 Å². The highest BCUT2D eigenvalue weighted by atomic mass is 19.1. The van der Waals surface area contributed by atoms with Gasteiger partial charge in [0.25, 0.3) is 0 Å². The third-order valence-electron chi connectivity index (χ3n) is 3.97. The van der Waals surface area contributed by atoms with Crippen LogP contribution in [0.4, 0.5) is 20.6 Å². The number of ether oxygens (including phenoxy) is 1. The number of nitrogens with one attached hydrogen (secondary N) is 2. The third-order valence-corrected chi connectivity index (χ3v) is 3.97.